The lowest BCUT2D eigenvalue weighted by molar-refractivity contribution is -0.151. The molecule has 0 rings (SSSR count). The Morgan fingerprint density at radius 3 is 1.54 bits per heavy atom. The van der Waals surface area contributed by atoms with E-state index in [1.54, 1.807) is 0 Å². The molecule has 3 heteroatoms. The second-order valence-corrected chi connectivity index (χ2v) is 8.01. The minimum Gasteiger partial charge on any atom is -0.465 e. The number of unbranched alkanes of at least 4 members (excludes halogenated alkanes) is 10. The molecule has 0 amide bonds. The van der Waals surface area contributed by atoms with E-state index < -0.39 is 0 Å². The molecule has 0 saturated carbocycles. The molecule has 26 heavy (non-hydrogen) atoms. The van der Waals surface area contributed by atoms with Crippen LogP contribution >= 0.6 is 0 Å². The van der Waals surface area contributed by atoms with Gasteiger partial charge < -0.3 is 4.74 Å². The number of ether oxygens (including phenoxy) is 1. The summed E-state index contributed by atoms with van der Waals surface area (Å²) in [6, 6.07) is -0.0822. The van der Waals surface area contributed by atoms with Gasteiger partial charge in [-0.05, 0) is 38.8 Å². The van der Waals surface area contributed by atoms with E-state index in [2.05, 4.69) is 32.6 Å². The Balaban J connectivity index is 4.50. The fourth-order valence-electron chi connectivity index (χ4n) is 3.65. The van der Waals surface area contributed by atoms with E-state index in [1.807, 2.05) is 6.92 Å². The van der Waals surface area contributed by atoms with Crippen molar-refractivity contribution in [2.45, 2.75) is 118 Å². The Labute approximate surface area is 164 Å². The maximum atomic E-state index is 12.5. The van der Waals surface area contributed by atoms with Gasteiger partial charge in [-0.25, -0.2) is 0 Å². The molecule has 156 valence electrons. The van der Waals surface area contributed by atoms with Crippen LogP contribution in [0.5, 0.6) is 0 Å². The molecule has 0 radical (unpaired) electrons. The van der Waals surface area contributed by atoms with Crippen LogP contribution in [0.1, 0.15) is 112 Å². The van der Waals surface area contributed by atoms with Crippen molar-refractivity contribution in [3.05, 3.63) is 0 Å². The SMILES string of the molecule is CCCCCCCCN(CCCCCCCC)C(C(=O)OCC)C(C)C. The van der Waals surface area contributed by atoms with Crippen LogP contribution in [0.15, 0.2) is 0 Å². The van der Waals surface area contributed by atoms with Gasteiger partial charge >= 0.3 is 5.97 Å². The summed E-state index contributed by atoms with van der Waals surface area (Å²) in [6.07, 6.45) is 15.6. The normalized spacial score (nSPS) is 12.7. The largest absolute Gasteiger partial charge is 0.465 e. The van der Waals surface area contributed by atoms with Crippen LogP contribution in [0.25, 0.3) is 0 Å². The molecule has 0 aromatic heterocycles. The number of carbonyl (C=O) groups excluding carboxylic acids is 1. The summed E-state index contributed by atoms with van der Waals surface area (Å²) in [5, 5.41) is 0. The van der Waals surface area contributed by atoms with Crippen molar-refractivity contribution in [1.29, 1.82) is 0 Å². The summed E-state index contributed by atoms with van der Waals surface area (Å²) in [6.45, 7) is 13.3. The standard InChI is InChI=1S/C23H47NO2/c1-6-9-11-13-15-17-19-24(20-18-16-14-12-10-7-2)22(21(4)5)23(25)26-8-3/h21-22H,6-20H2,1-5H3. The highest BCUT2D eigenvalue weighted by atomic mass is 16.5. The first-order valence-corrected chi connectivity index (χ1v) is 11.5. The van der Waals surface area contributed by atoms with Gasteiger partial charge in [-0.15, -0.1) is 0 Å². The molecule has 1 atom stereocenters. The Bertz CT molecular complexity index is 301. The van der Waals surface area contributed by atoms with Gasteiger partial charge in [0.05, 0.1) is 6.61 Å². The Hall–Kier alpha value is -0.570. The topological polar surface area (TPSA) is 29.5 Å². The summed E-state index contributed by atoms with van der Waals surface area (Å²) in [5.41, 5.74) is 0. The predicted octanol–water partition coefficient (Wildman–Crippen LogP) is 6.60. The first-order valence-electron chi connectivity index (χ1n) is 11.5. The van der Waals surface area contributed by atoms with E-state index in [4.69, 9.17) is 4.74 Å². The Kier molecular flexibility index (Phi) is 17.4. The first-order chi connectivity index (χ1) is 12.6. The van der Waals surface area contributed by atoms with Crippen molar-refractivity contribution < 1.29 is 9.53 Å². The van der Waals surface area contributed by atoms with Crippen LogP contribution in [-0.2, 0) is 9.53 Å². The fourth-order valence-corrected chi connectivity index (χ4v) is 3.65. The van der Waals surface area contributed by atoms with Crippen molar-refractivity contribution in [2.75, 3.05) is 19.7 Å². The highest BCUT2D eigenvalue weighted by Gasteiger charge is 2.29. The molecule has 3 nitrogen and oxygen atoms in total. The Morgan fingerprint density at radius 1 is 0.731 bits per heavy atom. The van der Waals surface area contributed by atoms with E-state index in [9.17, 15) is 4.79 Å². The van der Waals surface area contributed by atoms with Gasteiger partial charge in [-0.3, -0.25) is 9.69 Å². The van der Waals surface area contributed by atoms with Crippen molar-refractivity contribution in [3.8, 4) is 0 Å². The maximum Gasteiger partial charge on any atom is 0.323 e. The third-order valence-electron chi connectivity index (χ3n) is 5.15. The highest BCUT2D eigenvalue weighted by molar-refractivity contribution is 5.76. The third kappa shape index (κ3) is 12.7. The zero-order chi connectivity index (χ0) is 19.6. The molecule has 0 bridgehead atoms. The minimum atomic E-state index is -0.0822. The average molecular weight is 370 g/mol. The quantitative estimate of drug-likeness (QED) is 0.201. The fraction of sp³-hybridized carbons (Fsp3) is 0.957. The lowest BCUT2D eigenvalue weighted by Crippen LogP contribution is -2.46. The summed E-state index contributed by atoms with van der Waals surface area (Å²) in [4.78, 5) is 14.9. The summed E-state index contributed by atoms with van der Waals surface area (Å²) in [7, 11) is 0. The van der Waals surface area contributed by atoms with Gasteiger partial charge in [-0.2, -0.15) is 0 Å². The lowest BCUT2D eigenvalue weighted by atomic mass is 10.0. The third-order valence-corrected chi connectivity index (χ3v) is 5.15. The highest BCUT2D eigenvalue weighted by Crippen LogP contribution is 2.17. The molecule has 0 fully saturated rings. The minimum absolute atomic E-state index is 0.0283. The van der Waals surface area contributed by atoms with Crippen LogP contribution in [0.4, 0.5) is 0 Å². The predicted molar refractivity (Wildman–Crippen MR) is 114 cm³/mol. The van der Waals surface area contributed by atoms with Gasteiger partial charge in [0.15, 0.2) is 0 Å². The van der Waals surface area contributed by atoms with Crippen LogP contribution < -0.4 is 0 Å². The number of nitrogens with zero attached hydrogens (tertiary/aromatic N) is 1. The smallest absolute Gasteiger partial charge is 0.323 e. The van der Waals surface area contributed by atoms with Crippen molar-refractivity contribution in [2.24, 2.45) is 5.92 Å². The first kappa shape index (κ1) is 25.4. The van der Waals surface area contributed by atoms with E-state index in [-0.39, 0.29) is 12.0 Å². The van der Waals surface area contributed by atoms with Gasteiger partial charge in [0.2, 0.25) is 0 Å². The molecular weight excluding hydrogens is 322 g/mol. The van der Waals surface area contributed by atoms with E-state index in [0.717, 1.165) is 13.1 Å². The van der Waals surface area contributed by atoms with Crippen molar-refractivity contribution in [1.82, 2.24) is 4.90 Å². The van der Waals surface area contributed by atoms with Crippen LogP contribution in [-0.4, -0.2) is 36.6 Å². The molecule has 0 heterocycles. The number of carbonyl (C=O) groups is 1. The second kappa shape index (κ2) is 17.8. The number of esters is 1. The van der Waals surface area contributed by atoms with Crippen molar-refractivity contribution in [3.63, 3.8) is 0 Å². The lowest BCUT2D eigenvalue weighted by Gasteiger charge is -2.32. The van der Waals surface area contributed by atoms with E-state index >= 15 is 0 Å². The summed E-state index contributed by atoms with van der Waals surface area (Å²) >= 11 is 0. The van der Waals surface area contributed by atoms with Gasteiger partial charge in [0.1, 0.15) is 6.04 Å². The molecule has 1 unspecified atom stereocenters. The zero-order valence-electron chi connectivity index (χ0n) is 18.5. The van der Waals surface area contributed by atoms with E-state index in [0.29, 0.717) is 12.5 Å². The van der Waals surface area contributed by atoms with Crippen LogP contribution in [0.2, 0.25) is 0 Å². The molecule has 0 saturated heterocycles. The van der Waals surface area contributed by atoms with Crippen molar-refractivity contribution >= 4 is 5.97 Å². The van der Waals surface area contributed by atoms with Gasteiger partial charge in [0.25, 0.3) is 0 Å². The molecule has 0 aliphatic heterocycles. The van der Waals surface area contributed by atoms with E-state index in [1.165, 1.54) is 77.0 Å². The Morgan fingerprint density at radius 2 is 1.15 bits per heavy atom. The molecule has 0 aliphatic rings. The molecule has 0 N–H and O–H groups in total. The molecule has 0 aromatic carbocycles. The summed E-state index contributed by atoms with van der Waals surface area (Å²) in [5.74, 6) is 0.272. The molecule has 0 aliphatic carbocycles. The van der Waals surface area contributed by atoms with Crippen LogP contribution in [0.3, 0.4) is 0 Å². The number of rotatable bonds is 18. The van der Waals surface area contributed by atoms with Crippen LogP contribution in [0, 0.1) is 5.92 Å². The number of hydrogen-bond donors (Lipinski definition) is 0. The number of hydrogen-bond acceptors (Lipinski definition) is 3. The molecular formula is C23H47NO2. The zero-order valence-corrected chi connectivity index (χ0v) is 18.5. The molecule has 0 aromatic rings. The molecule has 0 spiro atoms. The average Bonchev–Trinajstić information content (AvgIpc) is 2.60. The maximum absolute atomic E-state index is 12.5. The van der Waals surface area contributed by atoms with Gasteiger partial charge in [-0.1, -0.05) is 91.9 Å². The van der Waals surface area contributed by atoms with Gasteiger partial charge in [0, 0.05) is 0 Å². The second-order valence-electron chi connectivity index (χ2n) is 8.01. The monoisotopic (exact) mass is 369 g/mol. The summed E-state index contributed by atoms with van der Waals surface area (Å²) < 4.78 is 5.38.